The van der Waals surface area contributed by atoms with E-state index in [4.69, 9.17) is 20.7 Å². The van der Waals surface area contributed by atoms with Crippen LogP contribution in [0.5, 0.6) is 0 Å². The summed E-state index contributed by atoms with van der Waals surface area (Å²) in [6.45, 7) is 7.28. The van der Waals surface area contributed by atoms with Crippen LogP contribution in [0.15, 0.2) is 60.9 Å². The summed E-state index contributed by atoms with van der Waals surface area (Å²) in [5.74, 6) is -0.612. The molecule has 2 aromatic heterocycles. The number of carboxylic acids is 1. The van der Waals surface area contributed by atoms with Gasteiger partial charge >= 0.3 is 0 Å². The Morgan fingerprint density at radius 3 is 2.15 bits per heavy atom. The van der Waals surface area contributed by atoms with Crippen molar-refractivity contribution in [3.63, 3.8) is 0 Å². The van der Waals surface area contributed by atoms with Gasteiger partial charge in [0.25, 0.3) is 5.97 Å². The molecular formula is C35H46N8O4. The molecule has 12 heteroatoms. The standard InChI is InChI=1S/C33H42N8O2.C2H4O2/c1-22(42)20-28(43)37-30(23-6-4-3-5-7-23)24-8-10-25(11-9-24)31-29-32(34)35-21-36-33(29)41(38-31)27-14-12-26(13-15-27)40-18-16-39(2)17-19-40;1-2(3)4/h3-11,21-22,26-27,30,42H,12-20H2,1-2H3,(H,37,43)(H2,34,35,36);1H3,(H,3,4). The van der Waals surface area contributed by atoms with E-state index in [0.717, 1.165) is 92.2 Å². The quantitative estimate of drug-likeness (QED) is 0.222. The summed E-state index contributed by atoms with van der Waals surface area (Å²) < 4.78 is 2.08. The van der Waals surface area contributed by atoms with Crippen LogP contribution < -0.4 is 11.1 Å². The van der Waals surface area contributed by atoms with Gasteiger partial charge in [-0.05, 0) is 50.8 Å². The van der Waals surface area contributed by atoms with Crippen LogP contribution in [0.25, 0.3) is 22.3 Å². The predicted molar refractivity (Wildman–Crippen MR) is 182 cm³/mol. The first-order valence-electron chi connectivity index (χ1n) is 16.3. The van der Waals surface area contributed by atoms with Crippen molar-refractivity contribution in [1.29, 1.82) is 0 Å². The van der Waals surface area contributed by atoms with E-state index in [9.17, 15) is 9.90 Å². The highest BCUT2D eigenvalue weighted by atomic mass is 16.4. The van der Waals surface area contributed by atoms with Gasteiger partial charge in [-0.25, -0.2) is 14.6 Å². The maximum atomic E-state index is 12.6. The number of carboxylic acid groups (broad SMARTS) is 1. The summed E-state index contributed by atoms with van der Waals surface area (Å²) in [5.41, 5.74) is 10.8. The zero-order valence-corrected chi connectivity index (χ0v) is 27.4. The molecule has 2 fully saturated rings. The molecule has 3 heterocycles. The van der Waals surface area contributed by atoms with E-state index in [-0.39, 0.29) is 24.4 Å². The van der Waals surface area contributed by atoms with Crippen molar-refractivity contribution in [3.05, 3.63) is 72.1 Å². The lowest BCUT2D eigenvalue weighted by Gasteiger charge is -2.41. The summed E-state index contributed by atoms with van der Waals surface area (Å²) in [7, 11) is 2.20. The van der Waals surface area contributed by atoms with Gasteiger partial charge in [0.05, 0.1) is 30.0 Å². The number of nitrogens with zero attached hydrogens (tertiary/aromatic N) is 6. The maximum Gasteiger partial charge on any atom is 0.300 e. The Morgan fingerprint density at radius 2 is 1.53 bits per heavy atom. The third-order valence-corrected chi connectivity index (χ3v) is 9.02. The normalized spacial score (nSPS) is 20.2. The third-order valence-electron chi connectivity index (χ3n) is 9.02. The lowest BCUT2D eigenvalue weighted by molar-refractivity contribution is -0.134. The van der Waals surface area contributed by atoms with E-state index in [1.54, 1.807) is 6.92 Å². The van der Waals surface area contributed by atoms with Crippen molar-refractivity contribution >= 4 is 28.7 Å². The minimum absolute atomic E-state index is 0.0431. The molecule has 47 heavy (non-hydrogen) atoms. The van der Waals surface area contributed by atoms with Crippen molar-refractivity contribution in [3.8, 4) is 11.3 Å². The van der Waals surface area contributed by atoms with Crippen molar-refractivity contribution in [2.45, 2.75) is 70.2 Å². The molecule has 4 aromatic rings. The molecule has 6 rings (SSSR count). The number of anilines is 1. The van der Waals surface area contributed by atoms with Gasteiger partial charge in [0, 0.05) is 44.7 Å². The highest BCUT2D eigenvalue weighted by molar-refractivity contribution is 5.98. The Labute approximate surface area is 275 Å². The van der Waals surface area contributed by atoms with Crippen molar-refractivity contribution in [2.24, 2.45) is 0 Å². The Balaban J connectivity index is 0.00000103. The second kappa shape index (κ2) is 15.5. The number of carbonyl (C=O) groups excluding carboxylic acids is 1. The molecule has 0 bridgehead atoms. The molecule has 1 saturated heterocycles. The number of aromatic nitrogens is 4. The Kier molecular flexibility index (Phi) is 11.2. The van der Waals surface area contributed by atoms with Gasteiger partial charge in [0.2, 0.25) is 5.91 Å². The van der Waals surface area contributed by atoms with Crippen LogP contribution in [0.1, 0.15) is 69.2 Å². The van der Waals surface area contributed by atoms with Gasteiger partial charge < -0.3 is 26.2 Å². The summed E-state index contributed by atoms with van der Waals surface area (Å²) in [4.78, 5) is 35.7. The number of benzene rings is 2. The molecule has 12 nitrogen and oxygen atoms in total. The summed E-state index contributed by atoms with van der Waals surface area (Å²) in [6.07, 6.45) is 5.28. The molecule has 2 aromatic carbocycles. The number of aliphatic hydroxyl groups excluding tert-OH is 1. The third kappa shape index (κ3) is 8.51. The second-order valence-corrected chi connectivity index (χ2v) is 12.7. The largest absolute Gasteiger partial charge is 0.481 e. The molecule has 5 N–H and O–H groups in total. The Hall–Kier alpha value is -4.39. The van der Waals surface area contributed by atoms with Gasteiger partial charge in [0.1, 0.15) is 17.8 Å². The van der Waals surface area contributed by atoms with E-state index < -0.39 is 12.1 Å². The number of likely N-dealkylation sites (N-methyl/N-ethyl adjacent to an activating group) is 1. The molecule has 0 spiro atoms. The number of nitrogen functional groups attached to an aromatic ring is 1. The average Bonchev–Trinajstić information content (AvgIpc) is 3.45. The first kappa shape index (κ1) is 34.0. The summed E-state index contributed by atoms with van der Waals surface area (Å²) in [5, 5.41) is 26.1. The lowest BCUT2D eigenvalue weighted by atomic mass is 9.90. The van der Waals surface area contributed by atoms with Gasteiger partial charge in [0.15, 0.2) is 5.65 Å². The number of hydrogen-bond acceptors (Lipinski definition) is 9. The number of carbonyl (C=O) groups is 2. The summed E-state index contributed by atoms with van der Waals surface area (Å²) >= 11 is 0. The number of nitrogens with two attached hydrogens (primary N) is 1. The fraction of sp³-hybridized carbons (Fsp3) is 0.457. The van der Waals surface area contributed by atoms with Crippen LogP contribution in [-0.2, 0) is 9.59 Å². The topological polar surface area (TPSA) is 163 Å². The second-order valence-electron chi connectivity index (χ2n) is 12.7. The fourth-order valence-electron chi connectivity index (χ4n) is 6.63. The minimum Gasteiger partial charge on any atom is -0.481 e. The van der Waals surface area contributed by atoms with Crippen LogP contribution in [0.4, 0.5) is 5.82 Å². The van der Waals surface area contributed by atoms with Crippen LogP contribution in [0.3, 0.4) is 0 Å². The number of nitrogens with one attached hydrogen (secondary N) is 1. The monoisotopic (exact) mass is 642 g/mol. The molecule has 2 aliphatic rings. The van der Waals surface area contributed by atoms with Crippen LogP contribution in [0.2, 0.25) is 0 Å². The fourth-order valence-corrected chi connectivity index (χ4v) is 6.63. The highest BCUT2D eigenvalue weighted by Gasteiger charge is 2.31. The highest BCUT2D eigenvalue weighted by Crippen LogP contribution is 2.37. The number of rotatable bonds is 8. The van der Waals surface area contributed by atoms with Crippen LogP contribution in [-0.4, -0.2) is 97.0 Å². The molecule has 1 aliphatic heterocycles. The first-order chi connectivity index (χ1) is 22.6. The molecule has 1 aliphatic carbocycles. The predicted octanol–water partition coefficient (Wildman–Crippen LogP) is 3.87. The zero-order valence-electron chi connectivity index (χ0n) is 27.4. The van der Waals surface area contributed by atoms with E-state index >= 15 is 0 Å². The molecule has 1 saturated carbocycles. The van der Waals surface area contributed by atoms with Crippen LogP contribution in [0, 0.1) is 0 Å². The SMILES string of the molecule is CC(=O)O.CC(O)CC(=O)NC(c1ccccc1)c1ccc(-c2nn(C3CCC(N4CCN(C)CC4)CC3)c3ncnc(N)c23)cc1. The maximum absolute atomic E-state index is 12.6. The van der Waals surface area contributed by atoms with E-state index in [2.05, 4.69) is 36.8 Å². The van der Waals surface area contributed by atoms with E-state index in [1.165, 1.54) is 6.33 Å². The molecular weight excluding hydrogens is 596 g/mol. The molecule has 0 radical (unpaired) electrons. The minimum atomic E-state index is -0.833. The molecule has 1 amide bonds. The number of aliphatic carboxylic acids is 1. The number of amides is 1. The number of piperazine rings is 1. The first-order valence-corrected chi connectivity index (χ1v) is 16.3. The molecule has 2 atom stereocenters. The number of aliphatic hydroxyl groups is 1. The van der Waals surface area contributed by atoms with Crippen molar-refractivity contribution in [1.82, 2.24) is 34.9 Å². The lowest BCUT2D eigenvalue weighted by Crippen LogP contribution is -2.49. The van der Waals surface area contributed by atoms with Gasteiger partial charge in [-0.15, -0.1) is 0 Å². The van der Waals surface area contributed by atoms with Crippen molar-refractivity contribution in [2.75, 3.05) is 39.0 Å². The average molecular weight is 643 g/mol. The zero-order chi connectivity index (χ0) is 33.5. The summed E-state index contributed by atoms with van der Waals surface area (Å²) in [6, 6.07) is 18.5. The van der Waals surface area contributed by atoms with E-state index in [1.807, 2.05) is 54.6 Å². The Morgan fingerprint density at radius 1 is 0.936 bits per heavy atom. The van der Waals surface area contributed by atoms with Crippen molar-refractivity contribution < 1.29 is 19.8 Å². The number of hydrogen-bond donors (Lipinski definition) is 4. The van der Waals surface area contributed by atoms with Gasteiger partial charge in [-0.3, -0.25) is 14.5 Å². The van der Waals surface area contributed by atoms with Crippen LogP contribution >= 0.6 is 0 Å². The van der Waals surface area contributed by atoms with E-state index in [0.29, 0.717) is 11.9 Å². The Bertz CT molecular complexity index is 1620. The molecule has 250 valence electrons. The molecule has 2 unspecified atom stereocenters. The number of fused-ring (bicyclic) bond motifs is 1. The smallest absolute Gasteiger partial charge is 0.300 e. The van der Waals surface area contributed by atoms with Gasteiger partial charge in [-0.2, -0.15) is 5.10 Å². The van der Waals surface area contributed by atoms with Gasteiger partial charge in [-0.1, -0.05) is 54.6 Å².